The van der Waals surface area contributed by atoms with Gasteiger partial charge in [0.2, 0.25) is 0 Å². The number of urea groups is 1. The summed E-state index contributed by atoms with van der Waals surface area (Å²) in [6, 6.07) is 18.5. The molecular weight excluding hydrogens is 388 g/mol. The van der Waals surface area contributed by atoms with E-state index in [0.717, 1.165) is 37.6 Å². The summed E-state index contributed by atoms with van der Waals surface area (Å²) >= 11 is 0. The molecular formula is C24H30N6O. The van der Waals surface area contributed by atoms with Gasteiger partial charge in [-0.1, -0.05) is 0 Å². The first kappa shape index (κ1) is 21.0. The fourth-order valence-corrected chi connectivity index (χ4v) is 4.27. The van der Waals surface area contributed by atoms with Crippen LogP contribution in [0.5, 0.6) is 0 Å². The molecule has 2 aliphatic heterocycles. The highest BCUT2D eigenvalue weighted by molar-refractivity contribution is 5.89. The lowest BCUT2D eigenvalue weighted by atomic mass is 10.2. The topological polar surface area (TPSA) is 65.8 Å². The minimum absolute atomic E-state index is 0.0546. The monoisotopic (exact) mass is 418 g/mol. The summed E-state index contributed by atoms with van der Waals surface area (Å²) < 4.78 is 0. The van der Waals surface area contributed by atoms with Crippen LogP contribution in [0, 0.1) is 11.3 Å². The third-order valence-corrected chi connectivity index (χ3v) is 6.31. The van der Waals surface area contributed by atoms with E-state index in [2.05, 4.69) is 52.3 Å². The van der Waals surface area contributed by atoms with Crippen LogP contribution in [0.2, 0.25) is 0 Å². The zero-order chi connectivity index (χ0) is 21.8. The molecule has 2 aliphatic rings. The number of anilines is 3. The Bertz CT molecular complexity index is 926. The highest BCUT2D eigenvalue weighted by atomic mass is 16.2. The van der Waals surface area contributed by atoms with Crippen molar-refractivity contribution in [2.75, 3.05) is 68.5 Å². The maximum Gasteiger partial charge on any atom is 0.321 e. The van der Waals surface area contributed by atoms with Crippen molar-refractivity contribution in [1.82, 2.24) is 9.80 Å². The molecule has 162 valence electrons. The molecule has 4 rings (SSSR count). The molecule has 7 nitrogen and oxygen atoms in total. The molecule has 7 heteroatoms. The molecule has 1 unspecified atom stereocenters. The number of nitriles is 1. The molecule has 0 radical (unpaired) electrons. The predicted molar refractivity (Wildman–Crippen MR) is 125 cm³/mol. The average molecular weight is 419 g/mol. The van der Waals surface area contributed by atoms with Gasteiger partial charge in [-0.3, -0.25) is 0 Å². The van der Waals surface area contributed by atoms with Crippen LogP contribution in [-0.2, 0) is 0 Å². The van der Waals surface area contributed by atoms with Crippen LogP contribution in [0.25, 0.3) is 0 Å². The molecule has 0 spiro atoms. The van der Waals surface area contributed by atoms with E-state index in [1.165, 1.54) is 12.1 Å². The van der Waals surface area contributed by atoms with Crippen molar-refractivity contribution in [1.29, 1.82) is 5.26 Å². The van der Waals surface area contributed by atoms with Gasteiger partial charge in [0.25, 0.3) is 0 Å². The second-order valence-electron chi connectivity index (χ2n) is 8.46. The van der Waals surface area contributed by atoms with E-state index < -0.39 is 0 Å². The van der Waals surface area contributed by atoms with E-state index in [1.54, 1.807) is 0 Å². The van der Waals surface area contributed by atoms with Gasteiger partial charge in [0.1, 0.15) is 0 Å². The van der Waals surface area contributed by atoms with E-state index in [-0.39, 0.29) is 6.03 Å². The normalized spacial score (nSPS) is 18.9. The average Bonchev–Trinajstić information content (AvgIpc) is 3.30. The summed E-state index contributed by atoms with van der Waals surface area (Å²) in [7, 11) is 4.27. The molecule has 1 N–H and O–H groups in total. The largest absolute Gasteiger partial charge is 0.370 e. The van der Waals surface area contributed by atoms with E-state index in [4.69, 9.17) is 5.26 Å². The van der Waals surface area contributed by atoms with Gasteiger partial charge in [-0.25, -0.2) is 4.79 Å². The highest BCUT2D eigenvalue weighted by Gasteiger charge is 2.24. The first-order valence-electron chi connectivity index (χ1n) is 10.9. The number of rotatable bonds is 4. The maximum atomic E-state index is 12.7. The molecule has 0 bridgehead atoms. The molecule has 0 saturated carbocycles. The molecule has 2 aromatic rings. The predicted octanol–water partition coefficient (Wildman–Crippen LogP) is 3.05. The number of hydrogen-bond donors (Lipinski definition) is 1. The number of nitrogens with zero attached hydrogens (tertiary/aromatic N) is 5. The van der Waals surface area contributed by atoms with Crippen LogP contribution in [0.4, 0.5) is 21.9 Å². The lowest BCUT2D eigenvalue weighted by molar-refractivity contribution is 0.208. The summed E-state index contributed by atoms with van der Waals surface area (Å²) in [6.07, 6.45) is 1.18. The molecule has 1 atom stereocenters. The lowest BCUT2D eigenvalue weighted by Crippen LogP contribution is -2.50. The van der Waals surface area contributed by atoms with E-state index in [9.17, 15) is 4.79 Å². The van der Waals surface area contributed by atoms with Gasteiger partial charge < -0.3 is 24.9 Å². The van der Waals surface area contributed by atoms with E-state index in [1.807, 2.05) is 41.3 Å². The molecule has 31 heavy (non-hydrogen) atoms. The Morgan fingerprint density at radius 2 is 1.55 bits per heavy atom. The molecule has 2 saturated heterocycles. The van der Waals surface area contributed by atoms with Crippen LogP contribution >= 0.6 is 0 Å². The van der Waals surface area contributed by atoms with Gasteiger partial charge in [-0.15, -0.1) is 0 Å². The third kappa shape index (κ3) is 4.92. The summed E-state index contributed by atoms with van der Waals surface area (Å²) in [5.41, 5.74) is 3.79. The van der Waals surface area contributed by atoms with Crippen molar-refractivity contribution in [2.24, 2.45) is 0 Å². The van der Waals surface area contributed by atoms with Gasteiger partial charge in [-0.05, 0) is 69.0 Å². The number of nitrogens with one attached hydrogen (secondary N) is 1. The van der Waals surface area contributed by atoms with Crippen LogP contribution in [0.15, 0.2) is 48.5 Å². The van der Waals surface area contributed by atoms with Gasteiger partial charge in [-0.2, -0.15) is 5.26 Å². The van der Waals surface area contributed by atoms with Crippen molar-refractivity contribution in [2.45, 2.75) is 12.5 Å². The minimum Gasteiger partial charge on any atom is -0.370 e. The smallest absolute Gasteiger partial charge is 0.321 e. The number of amides is 2. The Hall–Kier alpha value is -3.24. The van der Waals surface area contributed by atoms with Crippen molar-refractivity contribution in [3.63, 3.8) is 0 Å². The van der Waals surface area contributed by atoms with Crippen LogP contribution < -0.4 is 15.1 Å². The number of hydrogen-bond acceptors (Lipinski definition) is 5. The molecule has 2 amide bonds. The van der Waals surface area contributed by atoms with E-state index >= 15 is 0 Å². The van der Waals surface area contributed by atoms with E-state index in [0.29, 0.717) is 24.7 Å². The number of piperazine rings is 1. The number of benzene rings is 2. The lowest BCUT2D eigenvalue weighted by Gasteiger charge is -2.36. The van der Waals surface area contributed by atoms with Gasteiger partial charge in [0, 0.05) is 62.4 Å². The fourth-order valence-electron chi connectivity index (χ4n) is 4.27. The van der Waals surface area contributed by atoms with Crippen molar-refractivity contribution < 1.29 is 4.79 Å². The second-order valence-corrected chi connectivity index (χ2v) is 8.46. The van der Waals surface area contributed by atoms with Gasteiger partial charge in [0.15, 0.2) is 0 Å². The zero-order valence-corrected chi connectivity index (χ0v) is 18.3. The Labute approximate surface area is 184 Å². The van der Waals surface area contributed by atoms with Crippen molar-refractivity contribution in [3.05, 3.63) is 54.1 Å². The summed E-state index contributed by atoms with van der Waals surface area (Å²) in [5, 5.41) is 12.0. The van der Waals surface area contributed by atoms with Gasteiger partial charge in [0.05, 0.1) is 11.6 Å². The molecule has 2 fully saturated rings. The summed E-state index contributed by atoms with van der Waals surface area (Å²) in [5.74, 6) is 0. The van der Waals surface area contributed by atoms with Gasteiger partial charge >= 0.3 is 6.03 Å². The Morgan fingerprint density at radius 3 is 2.13 bits per heavy atom. The SMILES string of the molecule is CN(C)C1CCN(c2ccc(NC(=O)N3CCN(c4ccc(C#N)cc4)CC3)cc2)C1. The zero-order valence-electron chi connectivity index (χ0n) is 18.3. The molecule has 2 heterocycles. The minimum atomic E-state index is -0.0546. The number of likely N-dealkylation sites (N-methyl/N-ethyl adjacent to an activating group) is 1. The highest BCUT2D eigenvalue weighted by Crippen LogP contribution is 2.24. The first-order chi connectivity index (χ1) is 15.0. The Kier molecular flexibility index (Phi) is 6.28. The number of carbonyl (C=O) groups excluding carboxylic acids is 1. The van der Waals surface area contributed by atoms with Crippen LogP contribution in [-0.4, -0.2) is 75.2 Å². The Morgan fingerprint density at radius 1 is 0.935 bits per heavy atom. The Balaban J connectivity index is 1.27. The third-order valence-electron chi connectivity index (χ3n) is 6.31. The number of carbonyl (C=O) groups is 1. The molecule has 0 aliphatic carbocycles. The van der Waals surface area contributed by atoms with Crippen molar-refractivity contribution in [3.8, 4) is 6.07 Å². The van der Waals surface area contributed by atoms with Crippen LogP contribution in [0.1, 0.15) is 12.0 Å². The molecule has 2 aromatic carbocycles. The summed E-state index contributed by atoms with van der Waals surface area (Å²) in [6.45, 7) is 5.01. The standard InChI is InChI=1S/C24H30N6O/c1-27(2)23-11-12-30(18-23)22-9-5-20(6-10-22)26-24(31)29-15-13-28(14-16-29)21-7-3-19(17-25)4-8-21/h3-10,23H,11-16,18H2,1-2H3,(H,26,31). The maximum absolute atomic E-state index is 12.7. The quantitative estimate of drug-likeness (QED) is 0.827. The fraction of sp³-hybridized carbons (Fsp3) is 0.417. The summed E-state index contributed by atoms with van der Waals surface area (Å²) in [4.78, 5) is 21.5. The van der Waals surface area contributed by atoms with Crippen LogP contribution in [0.3, 0.4) is 0 Å². The van der Waals surface area contributed by atoms with Crippen molar-refractivity contribution >= 4 is 23.1 Å². The first-order valence-corrected chi connectivity index (χ1v) is 10.9. The second kappa shape index (κ2) is 9.27. The molecule has 0 aromatic heterocycles.